The first-order chi connectivity index (χ1) is 8.02. The van der Waals surface area contributed by atoms with Crippen molar-refractivity contribution < 1.29 is 4.74 Å². The van der Waals surface area contributed by atoms with E-state index in [0.717, 1.165) is 24.3 Å². The topological polar surface area (TPSA) is 35.2 Å². The van der Waals surface area contributed by atoms with Gasteiger partial charge in [0.15, 0.2) is 0 Å². The highest BCUT2D eigenvalue weighted by molar-refractivity contribution is 5.76. The molecule has 0 heterocycles. The van der Waals surface area contributed by atoms with E-state index in [9.17, 15) is 0 Å². The number of hydrogen-bond acceptors (Lipinski definition) is 2. The molecule has 2 N–H and O–H groups in total. The predicted octanol–water partition coefficient (Wildman–Crippen LogP) is 3.87. The smallest absolute Gasteiger partial charge is 0.120 e. The van der Waals surface area contributed by atoms with Gasteiger partial charge in [0.25, 0.3) is 0 Å². The summed E-state index contributed by atoms with van der Waals surface area (Å²) in [6, 6.07) is 5.94. The molecule has 0 spiro atoms. The van der Waals surface area contributed by atoms with E-state index in [2.05, 4.69) is 26.0 Å². The highest BCUT2D eigenvalue weighted by atomic mass is 16.5. The zero-order valence-corrected chi connectivity index (χ0v) is 10.9. The van der Waals surface area contributed by atoms with Gasteiger partial charge in [-0.3, -0.25) is 0 Å². The molecule has 2 heteroatoms. The van der Waals surface area contributed by atoms with Crippen LogP contribution in [0.2, 0.25) is 0 Å². The Bertz CT molecular complexity index is 446. The van der Waals surface area contributed by atoms with Gasteiger partial charge in [-0.15, -0.1) is 0 Å². The van der Waals surface area contributed by atoms with Crippen molar-refractivity contribution in [3.8, 4) is 5.75 Å². The molecule has 0 saturated carbocycles. The summed E-state index contributed by atoms with van der Waals surface area (Å²) in [5.74, 6) is 0.822. The van der Waals surface area contributed by atoms with Crippen LogP contribution in [-0.2, 0) is 0 Å². The average Bonchev–Trinajstić information content (AvgIpc) is 2.29. The summed E-state index contributed by atoms with van der Waals surface area (Å²) in [6.45, 7) is 4.63. The number of methoxy groups -OCH3 is 1. The van der Waals surface area contributed by atoms with Gasteiger partial charge >= 0.3 is 0 Å². The number of nitrogens with two attached hydrogens (primary N) is 1. The van der Waals surface area contributed by atoms with Crippen LogP contribution in [0.4, 0.5) is 5.69 Å². The van der Waals surface area contributed by atoms with Gasteiger partial charge in [0.05, 0.1) is 7.11 Å². The minimum absolute atomic E-state index is 0.435. The lowest BCUT2D eigenvalue weighted by atomic mass is 9.77. The van der Waals surface area contributed by atoms with Gasteiger partial charge in [0.1, 0.15) is 5.75 Å². The van der Waals surface area contributed by atoms with Gasteiger partial charge in [-0.25, -0.2) is 0 Å². The SMILES string of the molecule is COc1ccc(C2=CCC(C)(C)CC2)c(N)c1. The first-order valence-corrected chi connectivity index (χ1v) is 6.15. The number of anilines is 1. The van der Waals surface area contributed by atoms with E-state index >= 15 is 0 Å². The van der Waals surface area contributed by atoms with Crippen LogP contribution in [-0.4, -0.2) is 7.11 Å². The molecule has 1 aliphatic carbocycles. The van der Waals surface area contributed by atoms with Crippen molar-refractivity contribution in [3.63, 3.8) is 0 Å². The standard InChI is InChI=1S/C15H21NO/c1-15(2)8-6-11(7-9-15)13-5-4-12(17-3)10-14(13)16/h4-6,10H,7-9,16H2,1-3H3. The molecule has 0 aromatic heterocycles. The van der Waals surface area contributed by atoms with Crippen LogP contribution in [0, 0.1) is 5.41 Å². The van der Waals surface area contributed by atoms with Crippen molar-refractivity contribution in [2.75, 3.05) is 12.8 Å². The minimum atomic E-state index is 0.435. The number of benzene rings is 1. The lowest BCUT2D eigenvalue weighted by Crippen LogP contribution is -2.14. The van der Waals surface area contributed by atoms with Crippen LogP contribution in [0.25, 0.3) is 5.57 Å². The van der Waals surface area contributed by atoms with Crippen molar-refractivity contribution in [3.05, 3.63) is 29.8 Å². The second-order valence-corrected chi connectivity index (χ2v) is 5.55. The number of hydrogen-bond donors (Lipinski definition) is 1. The molecule has 1 aliphatic rings. The van der Waals surface area contributed by atoms with Crippen LogP contribution in [0.5, 0.6) is 5.75 Å². The summed E-state index contributed by atoms with van der Waals surface area (Å²) in [5, 5.41) is 0. The molecule has 0 aliphatic heterocycles. The third-order valence-electron chi connectivity index (χ3n) is 3.58. The summed E-state index contributed by atoms with van der Waals surface area (Å²) < 4.78 is 5.17. The van der Waals surface area contributed by atoms with Crippen molar-refractivity contribution >= 4 is 11.3 Å². The van der Waals surface area contributed by atoms with E-state index in [-0.39, 0.29) is 0 Å². The fourth-order valence-electron chi connectivity index (χ4n) is 2.28. The number of allylic oxidation sites excluding steroid dienone is 2. The average molecular weight is 231 g/mol. The summed E-state index contributed by atoms with van der Waals surface area (Å²) in [4.78, 5) is 0. The highest BCUT2D eigenvalue weighted by Gasteiger charge is 2.22. The predicted molar refractivity (Wildman–Crippen MR) is 73.0 cm³/mol. The summed E-state index contributed by atoms with van der Waals surface area (Å²) in [7, 11) is 1.66. The Balaban J connectivity index is 2.27. The quantitative estimate of drug-likeness (QED) is 0.784. The Labute approximate surface area is 103 Å². The van der Waals surface area contributed by atoms with Crippen LogP contribution in [0.15, 0.2) is 24.3 Å². The third kappa shape index (κ3) is 2.63. The van der Waals surface area contributed by atoms with Gasteiger partial charge in [-0.05, 0) is 42.4 Å². The minimum Gasteiger partial charge on any atom is -0.497 e. The largest absolute Gasteiger partial charge is 0.497 e. The zero-order valence-electron chi connectivity index (χ0n) is 10.9. The molecule has 0 radical (unpaired) electrons. The summed E-state index contributed by atoms with van der Waals surface area (Å²) in [5.41, 5.74) is 9.87. The highest BCUT2D eigenvalue weighted by Crippen LogP contribution is 2.39. The van der Waals surface area contributed by atoms with E-state index in [4.69, 9.17) is 10.5 Å². The first kappa shape index (κ1) is 12.0. The van der Waals surface area contributed by atoms with Gasteiger partial charge in [-0.2, -0.15) is 0 Å². The number of nitrogen functional groups attached to an aromatic ring is 1. The van der Waals surface area contributed by atoms with Crippen molar-refractivity contribution in [1.82, 2.24) is 0 Å². The Hall–Kier alpha value is -1.44. The normalized spacial score (nSPS) is 18.6. The van der Waals surface area contributed by atoms with E-state index < -0.39 is 0 Å². The fourth-order valence-corrected chi connectivity index (χ4v) is 2.28. The Morgan fingerprint density at radius 1 is 1.29 bits per heavy atom. The van der Waals surface area contributed by atoms with E-state index in [1.54, 1.807) is 7.11 Å². The maximum Gasteiger partial charge on any atom is 0.120 e. The second kappa shape index (κ2) is 4.44. The summed E-state index contributed by atoms with van der Waals surface area (Å²) >= 11 is 0. The van der Waals surface area contributed by atoms with E-state index in [1.165, 1.54) is 17.6 Å². The molecule has 0 atom stereocenters. The molecule has 2 nitrogen and oxygen atoms in total. The van der Waals surface area contributed by atoms with Crippen LogP contribution >= 0.6 is 0 Å². The molecule has 0 amide bonds. The molecule has 92 valence electrons. The molecule has 17 heavy (non-hydrogen) atoms. The first-order valence-electron chi connectivity index (χ1n) is 6.15. The third-order valence-corrected chi connectivity index (χ3v) is 3.58. The van der Waals surface area contributed by atoms with Gasteiger partial charge in [0.2, 0.25) is 0 Å². The van der Waals surface area contributed by atoms with Crippen molar-refractivity contribution in [1.29, 1.82) is 0 Å². The van der Waals surface area contributed by atoms with Crippen LogP contribution in [0.3, 0.4) is 0 Å². The molecule has 0 fully saturated rings. The Morgan fingerprint density at radius 3 is 2.59 bits per heavy atom. The number of rotatable bonds is 2. The van der Waals surface area contributed by atoms with Gasteiger partial charge < -0.3 is 10.5 Å². The Morgan fingerprint density at radius 2 is 2.06 bits per heavy atom. The molecule has 2 rings (SSSR count). The van der Waals surface area contributed by atoms with Crippen molar-refractivity contribution in [2.24, 2.45) is 5.41 Å². The fraction of sp³-hybridized carbons (Fsp3) is 0.467. The second-order valence-electron chi connectivity index (χ2n) is 5.55. The van der Waals surface area contributed by atoms with Gasteiger partial charge in [-0.1, -0.05) is 19.9 Å². The van der Waals surface area contributed by atoms with Crippen LogP contribution in [0.1, 0.15) is 38.7 Å². The van der Waals surface area contributed by atoms with Crippen molar-refractivity contribution in [2.45, 2.75) is 33.1 Å². The maximum atomic E-state index is 6.07. The zero-order chi connectivity index (χ0) is 12.5. The summed E-state index contributed by atoms with van der Waals surface area (Å²) in [6.07, 6.45) is 5.81. The molecule has 1 aromatic rings. The lowest BCUT2D eigenvalue weighted by molar-refractivity contribution is 0.335. The monoisotopic (exact) mass is 231 g/mol. The number of ether oxygens (including phenoxy) is 1. The molecular formula is C15H21NO. The maximum absolute atomic E-state index is 6.07. The van der Waals surface area contributed by atoms with Crippen LogP contribution < -0.4 is 10.5 Å². The molecule has 1 aromatic carbocycles. The van der Waals surface area contributed by atoms with E-state index in [0.29, 0.717) is 5.41 Å². The molecular weight excluding hydrogens is 210 g/mol. The van der Waals surface area contributed by atoms with Gasteiger partial charge in [0, 0.05) is 17.3 Å². The Kier molecular flexibility index (Phi) is 3.14. The molecule has 0 bridgehead atoms. The molecule has 0 unspecified atom stereocenters. The lowest BCUT2D eigenvalue weighted by Gasteiger charge is -2.29. The van der Waals surface area contributed by atoms with E-state index in [1.807, 2.05) is 12.1 Å². The molecule has 0 saturated heterocycles.